The molecule has 0 N–H and O–H groups in total. The van der Waals surface area contributed by atoms with Crippen molar-refractivity contribution in [3.05, 3.63) is 35.8 Å². The van der Waals surface area contributed by atoms with Crippen molar-refractivity contribution < 1.29 is 9.16 Å². The van der Waals surface area contributed by atoms with Crippen molar-refractivity contribution in [2.45, 2.75) is 40.4 Å². The molecule has 0 radical (unpaired) electrons. The molecule has 0 spiro atoms. The molecule has 0 fully saturated rings. The largest absolute Gasteiger partial charge is 0.520 e. The lowest BCUT2D eigenvalue weighted by Crippen LogP contribution is -2.25. The minimum Gasteiger partial charge on any atom is -0.520 e. The second-order valence-corrected chi connectivity index (χ2v) is 9.38. The molecule has 0 aliphatic rings. The fourth-order valence-corrected chi connectivity index (χ4v) is 1.59. The van der Waals surface area contributed by atoms with Gasteiger partial charge in [0.05, 0.1) is 0 Å². The molecule has 0 heterocycles. The molecule has 0 aromatic heterocycles. The zero-order valence-corrected chi connectivity index (χ0v) is 12.4. The van der Waals surface area contributed by atoms with Gasteiger partial charge in [-0.05, 0) is 46.0 Å². The highest BCUT2D eigenvalue weighted by molar-refractivity contribution is 6.70. The first-order valence-corrected chi connectivity index (χ1v) is 8.96. The number of hydrogen-bond acceptors (Lipinski definition) is 2. The Balaban J connectivity index is 4.52. The van der Waals surface area contributed by atoms with Gasteiger partial charge in [-0.2, -0.15) is 0 Å². The molecule has 0 saturated heterocycles. The summed E-state index contributed by atoms with van der Waals surface area (Å²) >= 11 is 0. The van der Waals surface area contributed by atoms with Crippen molar-refractivity contribution in [1.82, 2.24) is 0 Å². The first kappa shape index (κ1) is 15.0. The second-order valence-electron chi connectivity index (χ2n) is 4.95. The van der Waals surface area contributed by atoms with Crippen LogP contribution in [0.5, 0.6) is 0 Å². The quantitative estimate of drug-likeness (QED) is 0.299. The molecule has 0 amide bonds. The Kier molecular flexibility index (Phi) is 6.19. The summed E-state index contributed by atoms with van der Waals surface area (Å²) in [6.07, 6.45) is 3.88. The van der Waals surface area contributed by atoms with Crippen LogP contribution in [0.15, 0.2) is 35.8 Å². The Bertz CT molecular complexity index is 296. The second kappa shape index (κ2) is 6.58. The number of ether oxygens (including phenoxy) is 1. The average Bonchev–Trinajstić information content (AvgIpc) is 2.10. The molecule has 0 atom stereocenters. The van der Waals surface area contributed by atoms with E-state index in [1.165, 1.54) is 5.57 Å². The van der Waals surface area contributed by atoms with Crippen molar-refractivity contribution in [3.8, 4) is 0 Å². The summed E-state index contributed by atoms with van der Waals surface area (Å²) in [5, 5.41) is 0. The van der Waals surface area contributed by atoms with Gasteiger partial charge >= 0.3 is 0 Å². The van der Waals surface area contributed by atoms with Crippen LogP contribution in [0, 0.1) is 0 Å². The Labute approximate surface area is 101 Å². The normalized spacial score (nSPS) is 13.6. The van der Waals surface area contributed by atoms with E-state index in [4.69, 9.17) is 9.16 Å². The first-order chi connectivity index (χ1) is 7.24. The van der Waals surface area contributed by atoms with Gasteiger partial charge in [0, 0.05) is 6.08 Å². The van der Waals surface area contributed by atoms with Crippen molar-refractivity contribution >= 4 is 8.32 Å². The fourth-order valence-electron chi connectivity index (χ4n) is 0.872. The van der Waals surface area contributed by atoms with E-state index in [1.807, 2.05) is 32.9 Å². The molecule has 0 rings (SSSR count). The van der Waals surface area contributed by atoms with E-state index in [-0.39, 0.29) is 0 Å². The summed E-state index contributed by atoms with van der Waals surface area (Å²) in [6.45, 7) is 16.8. The third-order valence-electron chi connectivity index (χ3n) is 1.71. The molecular formula is C13H24O2Si. The lowest BCUT2D eigenvalue weighted by molar-refractivity contribution is 0.118. The lowest BCUT2D eigenvalue weighted by atomic mass is 10.3. The Hall–Kier alpha value is -0.963. The zero-order valence-electron chi connectivity index (χ0n) is 11.4. The summed E-state index contributed by atoms with van der Waals surface area (Å²) < 4.78 is 11.5. The summed E-state index contributed by atoms with van der Waals surface area (Å²) in [5.41, 5.74) is 2.12. The molecule has 2 nitrogen and oxygen atoms in total. The fraction of sp³-hybridized carbons (Fsp3) is 0.538. The highest BCUT2D eigenvalue weighted by Gasteiger charge is 2.18. The Morgan fingerprint density at radius 3 is 2.19 bits per heavy atom. The molecule has 0 aliphatic heterocycles. The van der Waals surface area contributed by atoms with Gasteiger partial charge in [0.1, 0.15) is 6.61 Å². The van der Waals surface area contributed by atoms with Crippen LogP contribution < -0.4 is 0 Å². The Morgan fingerprint density at radius 2 is 1.81 bits per heavy atom. The SMILES string of the molecule is C=C(C)/C=C(/OC/C(C)=C/C)O[Si](C)(C)C. The summed E-state index contributed by atoms with van der Waals surface area (Å²) in [6, 6.07) is 0. The van der Waals surface area contributed by atoms with E-state index in [1.54, 1.807) is 0 Å². The van der Waals surface area contributed by atoms with Crippen LogP contribution in [-0.4, -0.2) is 14.9 Å². The van der Waals surface area contributed by atoms with Gasteiger partial charge in [-0.25, -0.2) is 0 Å². The minimum atomic E-state index is -1.62. The predicted octanol–water partition coefficient (Wildman–Crippen LogP) is 4.24. The van der Waals surface area contributed by atoms with Crippen LogP contribution in [0.1, 0.15) is 20.8 Å². The van der Waals surface area contributed by atoms with Crippen LogP contribution >= 0.6 is 0 Å². The lowest BCUT2D eigenvalue weighted by Gasteiger charge is -2.22. The maximum Gasteiger partial charge on any atom is 0.265 e. The van der Waals surface area contributed by atoms with E-state index in [0.29, 0.717) is 12.6 Å². The molecule has 0 aromatic carbocycles. The number of allylic oxidation sites excluding steroid dienone is 3. The molecule has 0 bridgehead atoms. The molecule has 0 unspecified atom stereocenters. The summed E-state index contributed by atoms with van der Waals surface area (Å²) in [7, 11) is -1.62. The van der Waals surface area contributed by atoms with Gasteiger partial charge in [-0.3, -0.25) is 0 Å². The van der Waals surface area contributed by atoms with Gasteiger partial charge in [-0.1, -0.05) is 18.2 Å². The maximum atomic E-state index is 5.83. The van der Waals surface area contributed by atoms with Crippen molar-refractivity contribution in [1.29, 1.82) is 0 Å². The van der Waals surface area contributed by atoms with Crippen molar-refractivity contribution in [2.24, 2.45) is 0 Å². The molecule has 16 heavy (non-hydrogen) atoms. The van der Waals surface area contributed by atoms with Gasteiger partial charge in [0.25, 0.3) is 5.95 Å². The van der Waals surface area contributed by atoms with Gasteiger partial charge in [-0.15, -0.1) is 0 Å². The third-order valence-corrected chi connectivity index (χ3v) is 2.52. The topological polar surface area (TPSA) is 18.5 Å². The van der Waals surface area contributed by atoms with E-state index < -0.39 is 8.32 Å². The monoisotopic (exact) mass is 240 g/mol. The van der Waals surface area contributed by atoms with E-state index >= 15 is 0 Å². The van der Waals surface area contributed by atoms with Crippen molar-refractivity contribution in [3.63, 3.8) is 0 Å². The summed E-state index contributed by atoms with van der Waals surface area (Å²) in [5.74, 6) is 0.591. The molecule has 0 saturated carbocycles. The molecule has 0 aliphatic carbocycles. The van der Waals surface area contributed by atoms with Gasteiger partial charge in [0.2, 0.25) is 8.32 Å². The highest BCUT2D eigenvalue weighted by Crippen LogP contribution is 2.14. The predicted molar refractivity (Wildman–Crippen MR) is 72.7 cm³/mol. The van der Waals surface area contributed by atoms with E-state index in [2.05, 4.69) is 26.2 Å². The van der Waals surface area contributed by atoms with Crippen molar-refractivity contribution in [2.75, 3.05) is 6.61 Å². The van der Waals surface area contributed by atoms with Crippen LogP contribution in [0.25, 0.3) is 0 Å². The van der Waals surface area contributed by atoms with E-state index in [0.717, 1.165) is 5.57 Å². The van der Waals surface area contributed by atoms with Gasteiger partial charge < -0.3 is 9.16 Å². The van der Waals surface area contributed by atoms with E-state index in [9.17, 15) is 0 Å². The zero-order chi connectivity index (χ0) is 12.8. The number of rotatable bonds is 6. The van der Waals surface area contributed by atoms with Crippen LogP contribution in [0.2, 0.25) is 19.6 Å². The Morgan fingerprint density at radius 1 is 1.25 bits per heavy atom. The van der Waals surface area contributed by atoms with Gasteiger partial charge in [0.15, 0.2) is 0 Å². The first-order valence-electron chi connectivity index (χ1n) is 5.55. The molecular weight excluding hydrogens is 216 g/mol. The maximum absolute atomic E-state index is 5.83. The number of hydrogen-bond donors (Lipinski definition) is 0. The average molecular weight is 240 g/mol. The van der Waals surface area contributed by atoms with Crippen LogP contribution in [-0.2, 0) is 9.16 Å². The highest BCUT2D eigenvalue weighted by atomic mass is 28.4. The van der Waals surface area contributed by atoms with Crippen LogP contribution in [0.4, 0.5) is 0 Å². The molecule has 0 aromatic rings. The summed E-state index contributed by atoms with van der Waals surface area (Å²) in [4.78, 5) is 0. The minimum absolute atomic E-state index is 0.570. The smallest absolute Gasteiger partial charge is 0.265 e. The van der Waals surface area contributed by atoms with Crippen LogP contribution in [0.3, 0.4) is 0 Å². The standard InChI is InChI=1S/C13H24O2Si/c1-8-12(4)10-14-13(9-11(2)3)15-16(5,6)7/h8-9H,2,10H2,1,3-7H3/b12-8+,13-9-. The molecule has 3 heteroatoms. The third kappa shape index (κ3) is 8.35. The molecule has 92 valence electrons.